The summed E-state index contributed by atoms with van der Waals surface area (Å²) in [5.41, 5.74) is 2.37. The Bertz CT molecular complexity index is 1460. The van der Waals surface area contributed by atoms with Crippen LogP contribution in [0.3, 0.4) is 0 Å². The molecule has 5 rings (SSSR count). The zero-order chi connectivity index (χ0) is 29.3. The monoisotopic (exact) mass is 563 g/mol. The molecule has 0 spiro atoms. The number of nitrogens with zero attached hydrogens (tertiary/aromatic N) is 4. The Balaban J connectivity index is 1.62. The number of nitrogens with one attached hydrogen (secondary N) is 3. The van der Waals surface area contributed by atoms with Gasteiger partial charge in [0.15, 0.2) is 5.82 Å². The van der Waals surface area contributed by atoms with Crippen LogP contribution >= 0.6 is 0 Å². The Hall–Kier alpha value is -4.12. The van der Waals surface area contributed by atoms with Gasteiger partial charge in [0.2, 0.25) is 5.95 Å². The molecule has 3 amide bonds. The van der Waals surface area contributed by atoms with Crippen LogP contribution in [0.5, 0.6) is 0 Å². The number of urea groups is 1. The third-order valence-electron chi connectivity index (χ3n) is 7.58. The fourth-order valence-electron chi connectivity index (χ4n) is 5.43. The number of aromatic nitrogens is 2. The van der Waals surface area contributed by atoms with Crippen molar-refractivity contribution in [3.05, 3.63) is 64.7 Å². The Kier molecular flexibility index (Phi) is 8.16. The van der Waals surface area contributed by atoms with Crippen molar-refractivity contribution in [3.8, 4) is 11.3 Å². The highest BCUT2D eigenvalue weighted by molar-refractivity contribution is 6.02. The van der Waals surface area contributed by atoms with Crippen LogP contribution in [0.2, 0.25) is 0 Å². The number of carbonyl (C=O) groups is 2. The fraction of sp³-hybridized carbons (Fsp3) is 0.400. The second kappa shape index (κ2) is 11.8. The van der Waals surface area contributed by atoms with E-state index in [0.29, 0.717) is 35.0 Å². The number of anilines is 3. The van der Waals surface area contributed by atoms with Gasteiger partial charge < -0.3 is 20.9 Å². The van der Waals surface area contributed by atoms with Gasteiger partial charge in [-0.15, -0.1) is 0 Å². The first-order valence-corrected chi connectivity index (χ1v) is 13.9. The van der Waals surface area contributed by atoms with Crippen LogP contribution in [0.4, 0.5) is 31.0 Å². The lowest BCUT2D eigenvalue weighted by molar-refractivity contribution is 0.0943. The van der Waals surface area contributed by atoms with Gasteiger partial charge in [-0.2, -0.15) is 4.98 Å². The van der Waals surface area contributed by atoms with E-state index in [1.807, 2.05) is 26.8 Å². The Morgan fingerprint density at radius 3 is 2.61 bits per heavy atom. The highest BCUT2D eigenvalue weighted by atomic mass is 19.1. The maximum Gasteiger partial charge on any atom is 0.328 e. The Labute approximate surface area is 238 Å². The van der Waals surface area contributed by atoms with Crippen LogP contribution in [-0.4, -0.2) is 59.0 Å². The first-order chi connectivity index (χ1) is 19.6. The summed E-state index contributed by atoms with van der Waals surface area (Å²) in [6, 6.07) is 8.44. The quantitative estimate of drug-likeness (QED) is 0.351. The van der Waals surface area contributed by atoms with Gasteiger partial charge >= 0.3 is 6.03 Å². The molecule has 3 aromatic rings. The number of amides is 3. The molecule has 3 heterocycles. The van der Waals surface area contributed by atoms with E-state index < -0.39 is 23.4 Å². The average molecular weight is 564 g/mol. The molecule has 0 aliphatic carbocycles. The number of likely N-dealkylation sites (tertiary alicyclic amines) is 1. The second-order valence-corrected chi connectivity index (χ2v) is 10.9. The standard InChI is InChI=1S/C30H35F2N7O2/c1-17(2)35-28(40)19-11-10-18(3)21(15-19)25-22-16-34-30(41)39(26-23(31)8-5-9-24(26)32)27(22)37-29(36-25)33-13-12-20-7-6-14-38(20)4/h5,8-11,15,17,20H,6-7,12-14,16H2,1-4H3,(H,34,41)(H,35,40)(H,33,36,37). The molecule has 2 aromatic carbocycles. The summed E-state index contributed by atoms with van der Waals surface area (Å²) in [4.78, 5) is 38.6. The largest absolute Gasteiger partial charge is 0.354 e. The minimum atomic E-state index is -0.893. The molecule has 41 heavy (non-hydrogen) atoms. The van der Waals surface area contributed by atoms with Gasteiger partial charge in [-0.25, -0.2) is 23.5 Å². The van der Waals surface area contributed by atoms with Crippen LogP contribution in [0, 0.1) is 18.6 Å². The maximum atomic E-state index is 15.0. The average Bonchev–Trinajstić information content (AvgIpc) is 3.33. The van der Waals surface area contributed by atoms with Crippen molar-refractivity contribution >= 4 is 29.4 Å². The molecule has 2 aliphatic rings. The maximum absolute atomic E-state index is 15.0. The molecule has 1 atom stereocenters. The number of para-hydroxylation sites is 1. The van der Waals surface area contributed by atoms with E-state index >= 15 is 0 Å². The fourth-order valence-corrected chi connectivity index (χ4v) is 5.43. The molecule has 1 saturated heterocycles. The molecular weight excluding hydrogens is 528 g/mol. The van der Waals surface area contributed by atoms with Gasteiger partial charge in [-0.3, -0.25) is 4.79 Å². The number of halogens is 2. The lowest BCUT2D eigenvalue weighted by Gasteiger charge is -2.31. The highest BCUT2D eigenvalue weighted by Crippen LogP contribution is 2.39. The smallest absolute Gasteiger partial charge is 0.328 e. The van der Waals surface area contributed by atoms with Gasteiger partial charge in [-0.1, -0.05) is 12.1 Å². The van der Waals surface area contributed by atoms with Crippen LogP contribution in [0.25, 0.3) is 11.3 Å². The zero-order valence-electron chi connectivity index (χ0n) is 23.7. The van der Waals surface area contributed by atoms with Crippen LogP contribution in [-0.2, 0) is 6.54 Å². The van der Waals surface area contributed by atoms with E-state index in [2.05, 4.69) is 32.9 Å². The van der Waals surface area contributed by atoms with E-state index in [0.717, 1.165) is 48.4 Å². The van der Waals surface area contributed by atoms with E-state index in [4.69, 9.17) is 4.98 Å². The first-order valence-electron chi connectivity index (χ1n) is 13.9. The van der Waals surface area contributed by atoms with Crippen LogP contribution in [0.1, 0.15) is 54.6 Å². The van der Waals surface area contributed by atoms with Crippen molar-refractivity contribution < 1.29 is 18.4 Å². The van der Waals surface area contributed by atoms with Crippen molar-refractivity contribution in [1.82, 2.24) is 25.5 Å². The number of fused-ring (bicyclic) bond motifs is 1. The lowest BCUT2D eigenvalue weighted by atomic mass is 9.97. The van der Waals surface area contributed by atoms with Crippen molar-refractivity contribution in [2.45, 2.75) is 58.7 Å². The number of aryl methyl sites for hydroxylation is 1. The summed E-state index contributed by atoms with van der Waals surface area (Å²) >= 11 is 0. The molecule has 9 nitrogen and oxygen atoms in total. The SMILES string of the molecule is Cc1ccc(C(=O)NC(C)C)cc1-c1nc(NCCC2CCCN2C)nc2c1CNC(=O)N2c1c(F)cccc1F. The normalized spacial score (nSPS) is 17.0. The zero-order valence-corrected chi connectivity index (χ0v) is 23.7. The van der Waals surface area contributed by atoms with Gasteiger partial charge in [0.25, 0.3) is 5.91 Å². The third kappa shape index (κ3) is 5.85. The summed E-state index contributed by atoms with van der Waals surface area (Å²) in [6.07, 6.45) is 3.13. The van der Waals surface area contributed by atoms with Gasteiger partial charge in [0, 0.05) is 35.3 Å². The van der Waals surface area contributed by atoms with E-state index in [9.17, 15) is 18.4 Å². The van der Waals surface area contributed by atoms with Crippen LogP contribution < -0.4 is 20.9 Å². The predicted octanol–water partition coefficient (Wildman–Crippen LogP) is 5.13. The molecule has 0 bridgehead atoms. The van der Waals surface area contributed by atoms with Crippen molar-refractivity contribution in [1.29, 1.82) is 0 Å². The molecule has 1 fully saturated rings. The van der Waals surface area contributed by atoms with Crippen molar-refractivity contribution in [3.63, 3.8) is 0 Å². The molecule has 1 aromatic heterocycles. The third-order valence-corrected chi connectivity index (χ3v) is 7.58. The minimum Gasteiger partial charge on any atom is -0.354 e. The van der Waals surface area contributed by atoms with Crippen molar-refractivity contribution in [2.24, 2.45) is 0 Å². The molecule has 2 aliphatic heterocycles. The minimum absolute atomic E-state index is 0.0467. The summed E-state index contributed by atoms with van der Waals surface area (Å²) < 4.78 is 30.0. The molecule has 216 valence electrons. The number of rotatable bonds is 8. The first kappa shape index (κ1) is 28.4. The number of carbonyl (C=O) groups excluding carboxylic acids is 2. The summed E-state index contributed by atoms with van der Waals surface area (Å²) in [7, 11) is 2.11. The Morgan fingerprint density at radius 2 is 1.93 bits per heavy atom. The summed E-state index contributed by atoms with van der Waals surface area (Å²) in [6.45, 7) is 7.34. The second-order valence-electron chi connectivity index (χ2n) is 10.9. The molecule has 3 N–H and O–H groups in total. The van der Waals surface area contributed by atoms with Gasteiger partial charge in [0.05, 0.1) is 12.2 Å². The van der Waals surface area contributed by atoms with Crippen LogP contribution in [0.15, 0.2) is 36.4 Å². The van der Waals surface area contributed by atoms with E-state index in [1.165, 1.54) is 6.07 Å². The van der Waals surface area contributed by atoms with Gasteiger partial charge in [0.1, 0.15) is 17.3 Å². The number of hydrogen-bond acceptors (Lipinski definition) is 6. The summed E-state index contributed by atoms with van der Waals surface area (Å²) in [5, 5.41) is 8.88. The topological polar surface area (TPSA) is 102 Å². The molecule has 1 unspecified atom stereocenters. The predicted molar refractivity (Wildman–Crippen MR) is 154 cm³/mol. The number of hydrogen-bond donors (Lipinski definition) is 3. The summed E-state index contributed by atoms with van der Waals surface area (Å²) in [5.74, 6) is -1.70. The van der Waals surface area contributed by atoms with E-state index in [-0.39, 0.29) is 30.3 Å². The number of benzene rings is 2. The van der Waals surface area contributed by atoms with E-state index in [1.54, 1.807) is 12.1 Å². The molecular formula is C30H35F2N7O2. The van der Waals surface area contributed by atoms with Gasteiger partial charge in [-0.05, 0) is 83.5 Å². The molecule has 0 saturated carbocycles. The lowest BCUT2D eigenvalue weighted by Crippen LogP contribution is -2.43. The molecule has 0 radical (unpaired) electrons. The van der Waals surface area contributed by atoms with Crippen molar-refractivity contribution in [2.75, 3.05) is 30.4 Å². The highest BCUT2D eigenvalue weighted by Gasteiger charge is 2.34. The molecule has 11 heteroatoms. The Morgan fingerprint density at radius 1 is 1.17 bits per heavy atom.